The summed E-state index contributed by atoms with van der Waals surface area (Å²) in [5.41, 5.74) is 6.80. The zero-order valence-corrected chi connectivity index (χ0v) is 11.1. The van der Waals surface area contributed by atoms with Crippen molar-refractivity contribution < 1.29 is 4.74 Å². The van der Waals surface area contributed by atoms with Gasteiger partial charge in [-0.25, -0.2) is 9.97 Å². The Kier molecular flexibility index (Phi) is 3.44. The third kappa shape index (κ3) is 2.20. The second-order valence-corrected chi connectivity index (χ2v) is 4.89. The molecule has 1 aromatic heterocycles. The number of nitrogen functional groups attached to an aromatic ring is 1. The second-order valence-electron chi connectivity index (χ2n) is 4.09. The molecule has 1 aliphatic rings. The van der Waals surface area contributed by atoms with E-state index in [1.807, 2.05) is 0 Å². The lowest BCUT2D eigenvalue weighted by atomic mass is 10.2. The maximum absolute atomic E-state index is 5.85. The normalized spacial score (nSPS) is 24.9. The summed E-state index contributed by atoms with van der Waals surface area (Å²) in [5.74, 6) is 1.23. The van der Waals surface area contributed by atoms with E-state index in [0.29, 0.717) is 11.9 Å². The Balaban J connectivity index is 2.31. The SMILES string of the molecule is CCc1nc(C2CCC(C)O2)nc(N)c1Br. The fraction of sp³-hybridized carbons (Fsp3) is 0.636. The van der Waals surface area contributed by atoms with Gasteiger partial charge in [0.25, 0.3) is 0 Å². The third-order valence-electron chi connectivity index (χ3n) is 2.82. The van der Waals surface area contributed by atoms with Crippen LogP contribution in [0, 0.1) is 0 Å². The molecule has 16 heavy (non-hydrogen) atoms. The molecule has 1 aliphatic heterocycles. The van der Waals surface area contributed by atoms with Crippen LogP contribution in [0.25, 0.3) is 0 Å². The van der Waals surface area contributed by atoms with Crippen LogP contribution in [0.15, 0.2) is 4.47 Å². The average molecular weight is 286 g/mol. The quantitative estimate of drug-likeness (QED) is 0.907. The van der Waals surface area contributed by atoms with E-state index in [2.05, 4.69) is 39.7 Å². The third-order valence-corrected chi connectivity index (χ3v) is 3.68. The van der Waals surface area contributed by atoms with Crippen LogP contribution in [0.2, 0.25) is 0 Å². The van der Waals surface area contributed by atoms with E-state index in [0.717, 1.165) is 35.3 Å². The van der Waals surface area contributed by atoms with E-state index in [1.54, 1.807) is 0 Å². The predicted octanol–water partition coefficient (Wildman–Crippen LogP) is 2.62. The molecule has 2 atom stereocenters. The fourth-order valence-electron chi connectivity index (χ4n) is 1.90. The molecule has 0 radical (unpaired) electrons. The molecular formula is C11H16BrN3O. The van der Waals surface area contributed by atoms with Crippen LogP contribution in [0.5, 0.6) is 0 Å². The van der Waals surface area contributed by atoms with Gasteiger partial charge in [0.1, 0.15) is 11.9 Å². The Bertz CT molecular complexity index is 397. The molecule has 2 unspecified atom stereocenters. The molecule has 1 fully saturated rings. The number of hydrogen-bond donors (Lipinski definition) is 1. The lowest BCUT2D eigenvalue weighted by Gasteiger charge is -2.12. The lowest BCUT2D eigenvalue weighted by Crippen LogP contribution is -2.10. The van der Waals surface area contributed by atoms with Gasteiger partial charge < -0.3 is 10.5 Å². The van der Waals surface area contributed by atoms with E-state index < -0.39 is 0 Å². The van der Waals surface area contributed by atoms with Crippen molar-refractivity contribution in [1.82, 2.24) is 9.97 Å². The van der Waals surface area contributed by atoms with Crippen LogP contribution in [0.3, 0.4) is 0 Å². The Morgan fingerprint density at radius 2 is 2.19 bits per heavy atom. The minimum absolute atomic E-state index is 0.00991. The first kappa shape index (κ1) is 11.8. The predicted molar refractivity (Wildman–Crippen MR) is 66.0 cm³/mol. The summed E-state index contributed by atoms with van der Waals surface area (Å²) in [5, 5.41) is 0. The molecule has 2 heterocycles. The van der Waals surface area contributed by atoms with Crippen LogP contribution in [0.1, 0.15) is 44.3 Å². The number of anilines is 1. The maximum atomic E-state index is 5.85. The van der Waals surface area contributed by atoms with Crippen molar-refractivity contribution in [3.8, 4) is 0 Å². The summed E-state index contributed by atoms with van der Waals surface area (Å²) >= 11 is 3.40. The van der Waals surface area contributed by atoms with Crippen LogP contribution in [0.4, 0.5) is 5.82 Å². The molecule has 88 valence electrons. The minimum Gasteiger partial charge on any atom is -0.383 e. The highest BCUT2D eigenvalue weighted by atomic mass is 79.9. The van der Waals surface area contributed by atoms with Gasteiger partial charge in [-0.15, -0.1) is 0 Å². The summed E-state index contributed by atoms with van der Waals surface area (Å²) in [6.07, 6.45) is 3.18. The topological polar surface area (TPSA) is 61.0 Å². The van der Waals surface area contributed by atoms with Crippen LogP contribution >= 0.6 is 15.9 Å². The van der Waals surface area contributed by atoms with E-state index in [-0.39, 0.29) is 6.10 Å². The monoisotopic (exact) mass is 285 g/mol. The standard InChI is InChI=1S/C11H16BrN3O/c1-3-7-9(12)10(13)15-11(14-7)8-5-4-6(2)16-8/h6,8H,3-5H2,1-2H3,(H2,13,14,15). The summed E-state index contributed by atoms with van der Waals surface area (Å²) in [6.45, 7) is 4.12. The van der Waals surface area contributed by atoms with Gasteiger partial charge in [0.15, 0.2) is 5.82 Å². The summed E-state index contributed by atoms with van der Waals surface area (Å²) < 4.78 is 6.56. The highest BCUT2D eigenvalue weighted by molar-refractivity contribution is 9.10. The van der Waals surface area contributed by atoms with Crippen molar-refractivity contribution in [2.24, 2.45) is 0 Å². The van der Waals surface area contributed by atoms with Crippen molar-refractivity contribution >= 4 is 21.7 Å². The van der Waals surface area contributed by atoms with Gasteiger partial charge in [-0.2, -0.15) is 0 Å². The van der Waals surface area contributed by atoms with Gasteiger partial charge in [0.05, 0.1) is 16.3 Å². The smallest absolute Gasteiger partial charge is 0.159 e. The van der Waals surface area contributed by atoms with Crippen LogP contribution < -0.4 is 5.73 Å². The maximum Gasteiger partial charge on any atom is 0.159 e. The Labute approximate surface area is 104 Å². The molecule has 1 aromatic rings. The largest absolute Gasteiger partial charge is 0.383 e. The first-order valence-electron chi connectivity index (χ1n) is 5.59. The molecule has 0 aromatic carbocycles. The molecule has 0 bridgehead atoms. The molecule has 0 amide bonds. The summed E-state index contributed by atoms with van der Waals surface area (Å²) in [4.78, 5) is 8.80. The molecule has 4 nitrogen and oxygen atoms in total. The van der Waals surface area contributed by atoms with Crippen molar-refractivity contribution in [2.75, 3.05) is 5.73 Å². The molecule has 0 spiro atoms. The highest BCUT2D eigenvalue weighted by Gasteiger charge is 2.26. The first-order chi connectivity index (χ1) is 7.61. The van der Waals surface area contributed by atoms with Crippen LogP contribution in [-0.2, 0) is 11.2 Å². The van der Waals surface area contributed by atoms with Gasteiger partial charge in [0.2, 0.25) is 0 Å². The Morgan fingerprint density at radius 1 is 1.44 bits per heavy atom. The van der Waals surface area contributed by atoms with Crippen molar-refractivity contribution in [1.29, 1.82) is 0 Å². The zero-order chi connectivity index (χ0) is 11.7. The van der Waals surface area contributed by atoms with E-state index in [1.165, 1.54) is 0 Å². The van der Waals surface area contributed by atoms with Gasteiger partial charge in [-0.3, -0.25) is 0 Å². The van der Waals surface area contributed by atoms with Crippen LogP contribution in [-0.4, -0.2) is 16.1 Å². The number of aryl methyl sites for hydroxylation is 1. The van der Waals surface area contributed by atoms with Crippen molar-refractivity contribution in [2.45, 2.75) is 45.3 Å². The molecule has 1 saturated heterocycles. The number of halogens is 1. The molecule has 2 rings (SSSR count). The van der Waals surface area contributed by atoms with Gasteiger partial charge in [0, 0.05) is 0 Å². The lowest BCUT2D eigenvalue weighted by molar-refractivity contribution is 0.0502. The number of nitrogens with zero attached hydrogens (tertiary/aromatic N) is 2. The van der Waals surface area contributed by atoms with Gasteiger partial charge in [-0.05, 0) is 42.1 Å². The molecular weight excluding hydrogens is 270 g/mol. The van der Waals surface area contributed by atoms with E-state index in [9.17, 15) is 0 Å². The van der Waals surface area contributed by atoms with Crippen molar-refractivity contribution in [3.05, 3.63) is 16.0 Å². The highest BCUT2D eigenvalue weighted by Crippen LogP contribution is 2.32. The van der Waals surface area contributed by atoms with Gasteiger partial charge in [-0.1, -0.05) is 6.92 Å². The first-order valence-corrected chi connectivity index (χ1v) is 6.38. The van der Waals surface area contributed by atoms with Crippen molar-refractivity contribution in [3.63, 3.8) is 0 Å². The molecule has 0 saturated carbocycles. The number of rotatable bonds is 2. The van der Waals surface area contributed by atoms with Gasteiger partial charge >= 0.3 is 0 Å². The Hall–Kier alpha value is -0.680. The number of hydrogen-bond acceptors (Lipinski definition) is 4. The zero-order valence-electron chi connectivity index (χ0n) is 9.53. The minimum atomic E-state index is 0.00991. The average Bonchev–Trinajstić information content (AvgIpc) is 2.69. The number of ether oxygens (including phenoxy) is 1. The fourth-order valence-corrected chi connectivity index (χ4v) is 2.36. The molecule has 5 heteroatoms. The van der Waals surface area contributed by atoms with E-state index in [4.69, 9.17) is 10.5 Å². The second kappa shape index (κ2) is 4.67. The van der Waals surface area contributed by atoms with E-state index >= 15 is 0 Å². The molecule has 0 aliphatic carbocycles. The summed E-state index contributed by atoms with van der Waals surface area (Å²) in [7, 11) is 0. The Morgan fingerprint density at radius 3 is 2.75 bits per heavy atom. The summed E-state index contributed by atoms with van der Waals surface area (Å²) in [6, 6.07) is 0. The number of aromatic nitrogens is 2. The number of nitrogens with two attached hydrogens (primary N) is 1. The molecule has 2 N–H and O–H groups in total.